The van der Waals surface area contributed by atoms with Crippen LogP contribution in [0, 0.1) is 0 Å². The molecule has 28 heavy (non-hydrogen) atoms. The second-order valence-electron chi connectivity index (χ2n) is 6.25. The molecule has 0 spiro atoms. The molecule has 2 amide bonds. The molecule has 0 fully saturated rings. The maximum atomic E-state index is 12.3. The monoisotopic (exact) mass is 380 g/mol. The smallest absolute Gasteiger partial charge is 0.251 e. The maximum Gasteiger partial charge on any atom is 0.251 e. The van der Waals surface area contributed by atoms with Crippen molar-refractivity contribution in [3.8, 4) is 5.75 Å². The van der Waals surface area contributed by atoms with Crippen LogP contribution in [0.15, 0.2) is 60.2 Å². The van der Waals surface area contributed by atoms with E-state index in [1.54, 1.807) is 49.4 Å². The summed E-state index contributed by atoms with van der Waals surface area (Å²) >= 11 is 0. The Bertz CT molecular complexity index is 886. The molecule has 0 radical (unpaired) electrons. The van der Waals surface area contributed by atoms with E-state index < -0.39 is 11.8 Å². The quantitative estimate of drug-likeness (QED) is 0.531. The van der Waals surface area contributed by atoms with Gasteiger partial charge in [0.05, 0.1) is 12.3 Å². The van der Waals surface area contributed by atoms with Crippen LogP contribution >= 0.6 is 0 Å². The van der Waals surface area contributed by atoms with Crippen LogP contribution in [0.2, 0.25) is 0 Å². The predicted molar refractivity (Wildman–Crippen MR) is 110 cm³/mol. The summed E-state index contributed by atoms with van der Waals surface area (Å²) < 4.78 is 5.61. The van der Waals surface area contributed by atoms with Crippen molar-refractivity contribution in [1.82, 2.24) is 0 Å². The summed E-state index contributed by atoms with van der Waals surface area (Å²) in [7, 11) is 0. The van der Waals surface area contributed by atoms with Gasteiger partial charge in [0.2, 0.25) is 5.91 Å². The standard InChI is InChI=1S/C22H24N2O4/c1-4-13-28-20-8-6-5-7-19(20)24-21(26)14-15(2)22(27)23-18-11-9-17(10-12-18)16(3)25/h5-12,14H,4,13H2,1-3H3,(H,23,27)(H,24,26)/b15-14-. The van der Waals surface area contributed by atoms with E-state index in [0.29, 0.717) is 29.3 Å². The summed E-state index contributed by atoms with van der Waals surface area (Å²) in [6.07, 6.45) is 2.09. The van der Waals surface area contributed by atoms with Crippen molar-refractivity contribution in [2.24, 2.45) is 0 Å². The number of nitrogens with one attached hydrogen (secondary N) is 2. The number of ether oxygens (including phenoxy) is 1. The summed E-state index contributed by atoms with van der Waals surface area (Å²) in [5.41, 5.74) is 1.90. The molecular formula is C22H24N2O4. The molecule has 6 heteroatoms. The topological polar surface area (TPSA) is 84.5 Å². The Balaban J connectivity index is 2.01. The molecule has 6 nitrogen and oxygen atoms in total. The average molecular weight is 380 g/mol. The van der Waals surface area contributed by atoms with E-state index in [-0.39, 0.29) is 11.4 Å². The number of carbonyl (C=O) groups excluding carboxylic acids is 3. The first-order chi connectivity index (χ1) is 13.4. The van der Waals surface area contributed by atoms with Gasteiger partial charge in [-0.05, 0) is 56.7 Å². The molecule has 0 aliphatic rings. The van der Waals surface area contributed by atoms with Gasteiger partial charge in [0.25, 0.3) is 5.91 Å². The molecule has 0 aliphatic carbocycles. The van der Waals surface area contributed by atoms with Gasteiger partial charge in [-0.1, -0.05) is 19.1 Å². The zero-order valence-corrected chi connectivity index (χ0v) is 16.2. The first kappa shape index (κ1) is 20.9. The number of carbonyl (C=O) groups is 3. The molecule has 146 valence electrons. The Morgan fingerprint density at radius 2 is 1.64 bits per heavy atom. The van der Waals surface area contributed by atoms with E-state index in [2.05, 4.69) is 10.6 Å². The van der Waals surface area contributed by atoms with Crippen LogP contribution < -0.4 is 15.4 Å². The number of hydrogen-bond acceptors (Lipinski definition) is 4. The van der Waals surface area contributed by atoms with Crippen LogP contribution in [-0.4, -0.2) is 24.2 Å². The number of amides is 2. The van der Waals surface area contributed by atoms with Gasteiger partial charge >= 0.3 is 0 Å². The summed E-state index contributed by atoms with van der Waals surface area (Å²) in [5, 5.41) is 5.42. The second kappa shape index (κ2) is 10.1. The van der Waals surface area contributed by atoms with Gasteiger partial charge in [0.1, 0.15) is 5.75 Å². The van der Waals surface area contributed by atoms with Crippen molar-refractivity contribution in [2.75, 3.05) is 17.2 Å². The third-order valence-corrected chi connectivity index (χ3v) is 3.86. The number of benzene rings is 2. The maximum absolute atomic E-state index is 12.3. The molecule has 0 saturated heterocycles. The first-order valence-corrected chi connectivity index (χ1v) is 9.04. The Hall–Kier alpha value is -3.41. The zero-order chi connectivity index (χ0) is 20.5. The lowest BCUT2D eigenvalue weighted by atomic mass is 10.1. The van der Waals surface area contributed by atoms with E-state index in [1.165, 1.54) is 13.0 Å². The van der Waals surface area contributed by atoms with E-state index in [1.807, 2.05) is 13.0 Å². The fourth-order valence-corrected chi connectivity index (χ4v) is 2.36. The summed E-state index contributed by atoms with van der Waals surface area (Å²) in [4.78, 5) is 35.8. The average Bonchev–Trinajstić information content (AvgIpc) is 2.67. The van der Waals surface area contributed by atoms with Gasteiger partial charge in [-0.2, -0.15) is 0 Å². The van der Waals surface area contributed by atoms with Crippen LogP contribution in [0.1, 0.15) is 37.6 Å². The number of rotatable bonds is 8. The molecule has 0 unspecified atom stereocenters. The molecule has 0 saturated carbocycles. The Labute approximate surface area is 164 Å². The molecule has 0 atom stereocenters. The normalized spacial score (nSPS) is 10.9. The third kappa shape index (κ3) is 6.09. The fourth-order valence-electron chi connectivity index (χ4n) is 2.36. The van der Waals surface area contributed by atoms with Gasteiger partial charge in [-0.3, -0.25) is 14.4 Å². The number of hydrogen-bond donors (Lipinski definition) is 2. The summed E-state index contributed by atoms with van der Waals surface area (Å²) in [5.74, 6) is -0.291. The van der Waals surface area contributed by atoms with Crippen molar-refractivity contribution in [3.05, 3.63) is 65.7 Å². The van der Waals surface area contributed by atoms with E-state index in [0.717, 1.165) is 6.42 Å². The summed E-state index contributed by atoms with van der Waals surface area (Å²) in [6, 6.07) is 13.7. The van der Waals surface area contributed by atoms with E-state index >= 15 is 0 Å². The Kier molecular flexibility index (Phi) is 7.51. The molecule has 2 aromatic carbocycles. The van der Waals surface area contributed by atoms with Crippen LogP contribution in [-0.2, 0) is 9.59 Å². The van der Waals surface area contributed by atoms with E-state index in [9.17, 15) is 14.4 Å². The molecular weight excluding hydrogens is 356 g/mol. The predicted octanol–water partition coefficient (Wildman–Crippen LogP) is 4.20. The van der Waals surface area contributed by atoms with Crippen LogP contribution in [0.3, 0.4) is 0 Å². The highest BCUT2D eigenvalue weighted by atomic mass is 16.5. The third-order valence-electron chi connectivity index (χ3n) is 3.86. The zero-order valence-electron chi connectivity index (χ0n) is 16.2. The molecule has 0 aromatic heterocycles. The van der Waals surface area contributed by atoms with Gasteiger partial charge < -0.3 is 15.4 Å². The Morgan fingerprint density at radius 1 is 0.964 bits per heavy atom. The number of ketones is 1. The fraction of sp³-hybridized carbons (Fsp3) is 0.227. The molecule has 2 aromatic rings. The number of anilines is 2. The largest absolute Gasteiger partial charge is 0.491 e. The minimum Gasteiger partial charge on any atom is -0.491 e. The molecule has 0 heterocycles. The number of para-hydroxylation sites is 2. The molecule has 0 bridgehead atoms. The lowest BCUT2D eigenvalue weighted by molar-refractivity contribution is -0.114. The van der Waals surface area contributed by atoms with Gasteiger partial charge in [0, 0.05) is 22.9 Å². The molecule has 0 aliphatic heterocycles. The lowest BCUT2D eigenvalue weighted by Crippen LogP contribution is -2.16. The highest BCUT2D eigenvalue weighted by Crippen LogP contribution is 2.24. The van der Waals surface area contributed by atoms with Crippen LogP contribution in [0.25, 0.3) is 0 Å². The van der Waals surface area contributed by atoms with Gasteiger partial charge in [-0.25, -0.2) is 0 Å². The van der Waals surface area contributed by atoms with Crippen molar-refractivity contribution in [3.63, 3.8) is 0 Å². The highest BCUT2D eigenvalue weighted by molar-refractivity contribution is 6.10. The van der Waals surface area contributed by atoms with Crippen LogP contribution in [0.5, 0.6) is 5.75 Å². The highest BCUT2D eigenvalue weighted by Gasteiger charge is 2.10. The lowest BCUT2D eigenvalue weighted by Gasteiger charge is -2.11. The van der Waals surface area contributed by atoms with Crippen molar-refractivity contribution < 1.29 is 19.1 Å². The Morgan fingerprint density at radius 3 is 2.29 bits per heavy atom. The number of Topliss-reactive ketones (excluding diaryl/α,β-unsaturated/α-hetero) is 1. The first-order valence-electron chi connectivity index (χ1n) is 9.04. The minimum absolute atomic E-state index is 0.0474. The van der Waals surface area contributed by atoms with E-state index in [4.69, 9.17) is 4.74 Å². The molecule has 2 rings (SSSR count). The van der Waals surface area contributed by atoms with Gasteiger partial charge in [0.15, 0.2) is 5.78 Å². The van der Waals surface area contributed by atoms with Crippen LogP contribution in [0.4, 0.5) is 11.4 Å². The van der Waals surface area contributed by atoms with Crippen molar-refractivity contribution >= 4 is 29.0 Å². The second-order valence-corrected chi connectivity index (χ2v) is 6.25. The molecule has 2 N–H and O–H groups in total. The van der Waals surface area contributed by atoms with Crippen molar-refractivity contribution in [1.29, 1.82) is 0 Å². The SMILES string of the molecule is CCCOc1ccccc1NC(=O)/C=C(/C)C(=O)Nc1ccc(C(C)=O)cc1. The van der Waals surface area contributed by atoms with Gasteiger partial charge in [-0.15, -0.1) is 0 Å². The summed E-state index contributed by atoms with van der Waals surface area (Å²) in [6.45, 7) is 5.58. The van der Waals surface area contributed by atoms with Crippen molar-refractivity contribution in [2.45, 2.75) is 27.2 Å². The minimum atomic E-state index is -0.424.